The molecular formula is C17H28N4O. The smallest absolute Gasteiger partial charge is 0.219 e. The van der Waals surface area contributed by atoms with Gasteiger partial charge in [-0.15, -0.1) is 0 Å². The fraction of sp³-hybridized carbons (Fsp3) is 0.765. The van der Waals surface area contributed by atoms with Gasteiger partial charge in [0.05, 0.1) is 24.5 Å². The molecule has 1 aromatic heterocycles. The molecule has 0 atom stereocenters. The third-order valence-electron chi connectivity index (χ3n) is 5.25. The number of aromatic nitrogens is 2. The average Bonchev–Trinajstić information content (AvgIpc) is 2.88. The van der Waals surface area contributed by atoms with E-state index in [-0.39, 0.29) is 5.91 Å². The van der Waals surface area contributed by atoms with Crippen molar-refractivity contribution in [1.29, 1.82) is 0 Å². The monoisotopic (exact) mass is 304 g/mol. The van der Waals surface area contributed by atoms with Crippen molar-refractivity contribution in [2.24, 2.45) is 11.8 Å². The van der Waals surface area contributed by atoms with E-state index >= 15 is 0 Å². The first-order chi connectivity index (χ1) is 10.5. The van der Waals surface area contributed by atoms with Crippen molar-refractivity contribution in [3.63, 3.8) is 0 Å². The van der Waals surface area contributed by atoms with Crippen LogP contribution in [0.2, 0.25) is 0 Å². The zero-order chi connectivity index (χ0) is 15.7. The third-order valence-corrected chi connectivity index (χ3v) is 5.25. The van der Waals surface area contributed by atoms with E-state index < -0.39 is 0 Å². The fourth-order valence-corrected chi connectivity index (χ4v) is 3.68. The molecule has 1 amide bonds. The van der Waals surface area contributed by atoms with Crippen LogP contribution in [0.4, 0.5) is 0 Å². The zero-order valence-electron chi connectivity index (χ0n) is 14.1. The van der Waals surface area contributed by atoms with Crippen molar-refractivity contribution < 1.29 is 4.79 Å². The molecule has 0 unspecified atom stereocenters. The van der Waals surface area contributed by atoms with Crippen LogP contribution in [0.5, 0.6) is 0 Å². The summed E-state index contributed by atoms with van der Waals surface area (Å²) in [5, 5.41) is 4.73. The molecule has 1 aromatic rings. The second kappa shape index (κ2) is 6.41. The standard InChI is InChI=1S/C17H28N4O/c1-13(2)15-4-6-19(7-5-15)11-16-10-17-12-20(14(3)22)8-9-21(17)18-16/h10,13,15H,4-9,11-12H2,1-3H3. The number of likely N-dealkylation sites (tertiary alicyclic amines) is 1. The van der Waals surface area contributed by atoms with Crippen LogP contribution in [0, 0.1) is 11.8 Å². The van der Waals surface area contributed by atoms with Gasteiger partial charge in [-0.1, -0.05) is 13.8 Å². The summed E-state index contributed by atoms with van der Waals surface area (Å²) in [5.41, 5.74) is 2.33. The van der Waals surface area contributed by atoms with E-state index in [4.69, 9.17) is 5.10 Å². The first-order valence-corrected chi connectivity index (χ1v) is 8.56. The molecule has 122 valence electrons. The first kappa shape index (κ1) is 15.5. The van der Waals surface area contributed by atoms with Gasteiger partial charge in [-0.25, -0.2) is 0 Å². The lowest BCUT2D eigenvalue weighted by Gasteiger charge is -2.33. The predicted octanol–water partition coefficient (Wildman–Crippen LogP) is 2.11. The van der Waals surface area contributed by atoms with Gasteiger partial charge in [0.2, 0.25) is 5.91 Å². The molecule has 22 heavy (non-hydrogen) atoms. The number of nitrogens with zero attached hydrogens (tertiary/aromatic N) is 4. The van der Waals surface area contributed by atoms with Crippen molar-refractivity contribution in [2.75, 3.05) is 19.6 Å². The van der Waals surface area contributed by atoms with Crippen LogP contribution in [-0.2, 0) is 24.4 Å². The molecule has 1 saturated heterocycles. The maximum atomic E-state index is 11.5. The maximum Gasteiger partial charge on any atom is 0.219 e. The summed E-state index contributed by atoms with van der Waals surface area (Å²) < 4.78 is 2.08. The molecule has 0 aromatic carbocycles. The SMILES string of the molecule is CC(=O)N1CCn2nc(CN3CCC(C(C)C)CC3)cc2C1. The van der Waals surface area contributed by atoms with Crippen LogP contribution < -0.4 is 0 Å². The van der Waals surface area contributed by atoms with E-state index in [0.717, 1.165) is 37.2 Å². The van der Waals surface area contributed by atoms with Crippen molar-refractivity contribution in [3.05, 3.63) is 17.5 Å². The molecule has 5 nitrogen and oxygen atoms in total. The van der Waals surface area contributed by atoms with Crippen LogP contribution >= 0.6 is 0 Å². The maximum absolute atomic E-state index is 11.5. The zero-order valence-corrected chi connectivity index (χ0v) is 14.1. The molecule has 2 aliphatic heterocycles. The van der Waals surface area contributed by atoms with Gasteiger partial charge in [-0.05, 0) is 43.8 Å². The van der Waals surface area contributed by atoms with E-state index in [0.29, 0.717) is 6.54 Å². The Bertz CT molecular complexity index is 529. The van der Waals surface area contributed by atoms with Crippen molar-refractivity contribution in [1.82, 2.24) is 19.6 Å². The molecule has 0 aliphatic carbocycles. The number of amides is 1. The van der Waals surface area contributed by atoms with Gasteiger partial charge in [-0.2, -0.15) is 5.10 Å². The van der Waals surface area contributed by atoms with E-state index in [1.165, 1.54) is 31.6 Å². The molecule has 0 spiro atoms. The lowest BCUT2D eigenvalue weighted by molar-refractivity contribution is -0.130. The Labute approximate surface area is 133 Å². The highest BCUT2D eigenvalue weighted by Crippen LogP contribution is 2.25. The lowest BCUT2D eigenvalue weighted by Crippen LogP contribution is -2.36. The molecule has 2 aliphatic rings. The van der Waals surface area contributed by atoms with Crippen LogP contribution in [-0.4, -0.2) is 45.1 Å². The van der Waals surface area contributed by atoms with E-state index in [1.807, 2.05) is 4.90 Å². The summed E-state index contributed by atoms with van der Waals surface area (Å²) in [7, 11) is 0. The molecule has 0 N–H and O–H groups in total. The highest BCUT2D eigenvalue weighted by atomic mass is 16.2. The quantitative estimate of drug-likeness (QED) is 0.859. The Hall–Kier alpha value is -1.36. The van der Waals surface area contributed by atoms with E-state index in [2.05, 4.69) is 29.5 Å². The van der Waals surface area contributed by atoms with Gasteiger partial charge in [0, 0.05) is 20.0 Å². The average molecular weight is 304 g/mol. The normalized spacial score (nSPS) is 20.5. The van der Waals surface area contributed by atoms with E-state index in [1.54, 1.807) is 6.92 Å². The minimum atomic E-state index is 0.157. The highest BCUT2D eigenvalue weighted by molar-refractivity contribution is 5.73. The molecule has 0 saturated carbocycles. The highest BCUT2D eigenvalue weighted by Gasteiger charge is 2.24. The Balaban J connectivity index is 1.58. The largest absolute Gasteiger partial charge is 0.335 e. The van der Waals surface area contributed by atoms with Crippen LogP contribution in [0.3, 0.4) is 0 Å². The van der Waals surface area contributed by atoms with Crippen LogP contribution in [0.25, 0.3) is 0 Å². The van der Waals surface area contributed by atoms with Gasteiger partial charge < -0.3 is 4.90 Å². The molecular weight excluding hydrogens is 276 g/mol. The molecule has 3 heterocycles. The lowest BCUT2D eigenvalue weighted by atomic mass is 9.87. The van der Waals surface area contributed by atoms with Gasteiger partial charge in [0.15, 0.2) is 0 Å². The first-order valence-electron chi connectivity index (χ1n) is 8.56. The summed E-state index contributed by atoms with van der Waals surface area (Å²) in [4.78, 5) is 15.9. The second-order valence-corrected chi connectivity index (χ2v) is 7.15. The summed E-state index contributed by atoms with van der Waals surface area (Å²) in [6, 6.07) is 2.18. The number of carbonyl (C=O) groups is 1. The number of fused-ring (bicyclic) bond motifs is 1. The summed E-state index contributed by atoms with van der Waals surface area (Å²) >= 11 is 0. The van der Waals surface area contributed by atoms with Crippen molar-refractivity contribution in [3.8, 4) is 0 Å². The van der Waals surface area contributed by atoms with Crippen LogP contribution in [0.15, 0.2) is 6.07 Å². The second-order valence-electron chi connectivity index (χ2n) is 7.15. The van der Waals surface area contributed by atoms with Gasteiger partial charge >= 0.3 is 0 Å². The fourth-order valence-electron chi connectivity index (χ4n) is 3.68. The molecule has 5 heteroatoms. The summed E-state index contributed by atoms with van der Waals surface area (Å²) in [6.45, 7) is 12.0. The Kier molecular flexibility index (Phi) is 4.52. The van der Waals surface area contributed by atoms with Crippen molar-refractivity contribution >= 4 is 5.91 Å². The number of hydrogen-bond donors (Lipinski definition) is 0. The molecule has 0 bridgehead atoms. The summed E-state index contributed by atoms with van der Waals surface area (Å²) in [5.74, 6) is 1.85. The van der Waals surface area contributed by atoms with Crippen molar-refractivity contribution in [2.45, 2.75) is 53.2 Å². The number of hydrogen-bond acceptors (Lipinski definition) is 3. The van der Waals surface area contributed by atoms with Gasteiger partial charge in [0.25, 0.3) is 0 Å². The summed E-state index contributed by atoms with van der Waals surface area (Å²) in [6.07, 6.45) is 2.62. The number of carbonyl (C=O) groups excluding carboxylic acids is 1. The minimum absolute atomic E-state index is 0.157. The Morgan fingerprint density at radius 2 is 2.00 bits per heavy atom. The molecule has 0 radical (unpaired) electrons. The Morgan fingerprint density at radius 1 is 1.27 bits per heavy atom. The van der Waals surface area contributed by atoms with Crippen LogP contribution in [0.1, 0.15) is 45.0 Å². The molecule has 3 rings (SSSR count). The topological polar surface area (TPSA) is 41.4 Å². The number of piperidine rings is 1. The number of rotatable bonds is 3. The van der Waals surface area contributed by atoms with Gasteiger partial charge in [-0.3, -0.25) is 14.4 Å². The third kappa shape index (κ3) is 3.35. The predicted molar refractivity (Wildman–Crippen MR) is 86.2 cm³/mol. The van der Waals surface area contributed by atoms with E-state index in [9.17, 15) is 4.79 Å². The minimum Gasteiger partial charge on any atom is -0.335 e. The Morgan fingerprint density at radius 3 is 2.64 bits per heavy atom. The van der Waals surface area contributed by atoms with Gasteiger partial charge in [0.1, 0.15) is 0 Å². The molecule has 1 fully saturated rings.